The standard InChI is InChI=1S/C18H22ClNO/c1-14-11-16(7-8-18(14)19)12-17(20)9-10-21-13-15-5-3-2-4-6-15/h2-8,11,17H,9-10,12-13,20H2,1H3. The highest BCUT2D eigenvalue weighted by Crippen LogP contribution is 2.17. The van der Waals surface area contributed by atoms with Gasteiger partial charge >= 0.3 is 0 Å². The molecule has 0 aliphatic carbocycles. The van der Waals surface area contributed by atoms with E-state index in [2.05, 4.69) is 18.2 Å². The Bertz CT molecular complexity index is 556. The minimum atomic E-state index is 0.112. The largest absolute Gasteiger partial charge is 0.377 e. The molecule has 0 aliphatic rings. The van der Waals surface area contributed by atoms with Crippen LogP contribution in [0.5, 0.6) is 0 Å². The van der Waals surface area contributed by atoms with Crippen LogP contribution in [-0.2, 0) is 17.8 Å². The molecule has 2 rings (SSSR count). The van der Waals surface area contributed by atoms with Crippen LogP contribution in [0.1, 0.15) is 23.1 Å². The fraction of sp³-hybridized carbons (Fsp3) is 0.333. The van der Waals surface area contributed by atoms with Crippen molar-refractivity contribution in [2.24, 2.45) is 5.73 Å². The second-order valence-corrected chi connectivity index (χ2v) is 5.78. The summed E-state index contributed by atoms with van der Waals surface area (Å²) in [5.74, 6) is 0. The maximum atomic E-state index is 6.16. The summed E-state index contributed by atoms with van der Waals surface area (Å²) in [4.78, 5) is 0. The van der Waals surface area contributed by atoms with Crippen LogP contribution in [-0.4, -0.2) is 12.6 Å². The van der Waals surface area contributed by atoms with Gasteiger partial charge in [-0.15, -0.1) is 0 Å². The van der Waals surface area contributed by atoms with Gasteiger partial charge in [0.05, 0.1) is 6.61 Å². The van der Waals surface area contributed by atoms with Gasteiger partial charge < -0.3 is 10.5 Å². The number of hydrogen-bond acceptors (Lipinski definition) is 2. The van der Waals surface area contributed by atoms with Crippen LogP contribution in [0.15, 0.2) is 48.5 Å². The molecule has 0 saturated heterocycles. The van der Waals surface area contributed by atoms with E-state index in [0.717, 1.165) is 23.4 Å². The van der Waals surface area contributed by atoms with Gasteiger partial charge in [0, 0.05) is 17.7 Å². The summed E-state index contributed by atoms with van der Waals surface area (Å²) in [7, 11) is 0. The first-order chi connectivity index (χ1) is 10.1. The number of benzene rings is 2. The van der Waals surface area contributed by atoms with E-state index in [1.807, 2.05) is 37.3 Å². The molecule has 2 N–H and O–H groups in total. The van der Waals surface area contributed by atoms with E-state index in [9.17, 15) is 0 Å². The molecule has 0 amide bonds. The first kappa shape index (κ1) is 16.0. The van der Waals surface area contributed by atoms with Gasteiger partial charge in [-0.25, -0.2) is 0 Å². The van der Waals surface area contributed by atoms with Crippen molar-refractivity contribution in [1.82, 2.24) is 0 Å². The molecule has 0 aromatic heterocycles. The Morgan fingerprint density at radius 1 is 1.10 bits per heavy atom. The Kier molecular flexibility index (Phi) is 6.24. The van der Waals surface area contributed by atoms with Crippen LogP contribution in [0.3, 0.4) is 0 Å². The zero-order valence-electron chi connectivity index (χ0n) is 12.4. The number of halogens is 1. The fourth-order valence-electron chi connectivity index (χ4n) is 2.24. The summed E-state index contributed by atoms with van der Waals surface area (Å²) in [5, 5.41) is 0.804. The Morgan fingerprint density at radius 3 is 2.57 bits per heavy atom. The van der Waals surface area contributed by atoms with Crippen molar-refractivity contribution in [2.45, 2.75) is 32.4 Å². The molecule has 0 spiro atoms. The third-order valence-corrected chi connectivity index (χ3v) is 3.89. The average Bonchev–Trinajstić information content (AvgIpc) is 2.49. The molecule has 2 nitrogen and oxygen atoms in total. The van der Waals surface area contributed by atoms with Crippen molar-refractivity contribution in [3.05, 3.63) is 70.2 Å². The van der Waals surface area contributed by atoms with Gasteiger partial charge in [-0.3, -0.25) is 0 Å². The minimum absolute atomic E-state index is 0.112. The van der Waals surface area contributed by atoms with E-state index in [-0.39, 0.29) is 6.04 Å². The van der Waals surface area contributed by atoms with Crippen LogP contribution >= 0.6 is 11.6 Å². The second-order valence-electron chi connectivity index (χ2n) is 5.37. The van der Waals surface area contributed by atoms with Gasteiger partial charge in [-0.1, -0.05) is 54.1 Å². The summed E-state index contributed by atoms with van der Waals surface area (Å²) in [6.07, 6.45) is 1.71. The maximum Gasteiger partial charge on any atom is 0.0716 e. The molecule has 2 aromatic rings. The lowest BCUT2D eigenvalue weighted by atomic mass is 10.0. The molecule has 0 fully saturated rings. The molecule has 1 atom stereocenters. The van der Waals surface area contributed by atoms with Crippen molar-refractivity contribution >= 4 is 11.6 Å². The third-order valence-electron chi connectivity index (χ3n) is 3.46. The molecule has 0 aliphatic heterocycles. The number of rotatable bonds is 7. The van der Waals surface area contributed by atoms with Crippen LogP contribution < -0.4 is 5.73 Å². The first-order valence-corrected chi connectivity index (χ1v) is 7.65. The average molecular weight is 304 g/mol. The lowest BCUT2D eigenvalue weighted by Gasteiger charge is -2.13. The summed E-state index contributed by atoms with van der Waals surface area (Å²) in [6.45, 7) is 3.34. The van der Waals surface area contributed by atoms with Gasteiger partial charge in [0.2, 0.25) is 0 Å². The third kappa shape index (κ3) is 5.50. The zero-order chi connectivity index (χ0) is 15.1. The van der Waals surface area contributed by atoms with E-state index in [1.54, 1.807) is 0 Å². The Morgan fingerprint density at radius 2 is 1.86 bits per heavy atom. The summed E-state index contributed by atoms with van der Waals surface area (Å²) < 4.78 is 5.67. The summed E-state index contributed by atoms with van der Waals surface area (Å²) >= 11 is 6.03. The SMILES string of the molecule is Cc1cc(CC(N)CCOCc2ccccc2)ccc1Cl. The van der Waals surface area contributed by atoms with Gasteiger partial charge in [-0.05, 0) is 42.5 Å². The number of nitrogens with two attached hydrogens (primary N) is 1. The van der Waals surface area contributed by atoms with E-state index in [4.69, 9.17) is 22.1 Å². The quantitative estimate of drug-likeness (QED) is 0.781. The van der Waals surface area contributed by atoms with Crippen LogP contribution in [0.25, 0.3) is 0 Å². The molecule has 21 heavy (non-hydrogen) atoms. The molecule has 0 saturated carbocycles. The molecule has 2 aromatic carbocycles. The topological polar surface area (TPSA) is 35.2 Å². The molecule has 0 bridgehead atoms. The monoisotopic (exact) mass is 303 g/mol. The van der Waals surface area contributed by atoms with E-state index >= 15 is 0 Å². The van der Waals surface area contributed by atoms with Crippen LogP contribution in [0, 0.1) is 6.92 Å². The van der Waals surface area contributed by atoms with Crippen molar-refractivity contribution in [2.75, 3.05) is 6.61 Å². The molecule has 3 heteroatoms. The molecule has 1 unspecified atom stereocenters. The van der Waals surface area contributed by atoms with Crippen LogP contribution in [0.2, 0.25) is 5.02 Å². The van der Waals surface area contributed by atoms with E-state index < -0.39 is 0 Å². The van der Waals surface area contributed by atoms with Crippen molar-refractivity contribution in [3.63, 3.8) is 0 Å². The van der Waals surface area contributed by atoms with Crippen molar-refractivity contribution in [3.8, 4) is 0 Å². The molecule has 112 valence electrons. The van der Waals surface area contributed by atoms with Gasteiger partial charge in [-0.2, -0.15) is 0 Å². The number of aryl methyl sites for hydroxylation is 1. The van der Waals surface area contributed by atoms with Crippen molar-refractivity contribution < 1.29 is 4.74 Å². The number of ether oxygens (including phenoxy) is 1. The smallest absolute Gasteiger partial charge is 0.0716 e. The maximum absolute atomic E-state index is 6.16. The Balaban J connectivity index is 1.70. The Hall–Kier alpha value is -1.35. The molecular weight excluding hydrogens is 282 g/mol. The summed E-state index contributed by atoms with van der Waals surface area (Å²) in [5.41, 5.74) is 9.68. The Labute approximate surface area is 131 Å². The highest BCUT2D eigenvalue weighted by Gasteiger charge is 2.06. The van der Waals surface area contributed by atoms with Crippen LogP contribution in [0.4, 0.5) is 0 Å². The second kappa shape index (κ2) is 8.18. The van der Waals surface area contributed by atoms with Gasteiger partial charge in [0.15, 0.2) is 0 Å². The summed E-state index contributed by atoms with van der Waals surface area (Å²) in [6, 6.07) is 16.4. The predicted octanol–water partition coefficient (Wildman–Crippen LogP) is 4.13. The van der Waals surface area contributed by atoms with Gasteiger partial charge in [0.1, 0.15) is 0 Å². The minimum Gasteiger partial charge on any atom is -0.377 e. The molecule has 0 radical (unpaired) electrons. The lowest BCUT2D eigenvalue weighted by Crippen LogP contribution is -2.24. The van der Waals surface area contributed by atoms with E-state index in [0.29, 0.717) is 13.2 Å². The fourth-order valence-corrected chi connectivity index (χ4v) is 2.36. The molecule has 0 heterocycles. The van der Waals surface area contributed by atoms with E-state index in [1.165, 1.54) is 11.1 Å². The first-order valence-electron chi connectivity index (χ1n) is 7.27. The lowest BCUT2D eigenvalue weighted by molar-refractivity contribution is 0.114. The van der Waals surface area contributed by atoms with Gasteiger partial charge in [0.25, 0.3) is 0 Å². The molecular formula is C18H22ClNO. The normalized spacial score (nSPS) is 12.3. The predicted molar refractivity (Wildman–Crippen MR) is 88.6 cm³/mol. The highest BCUT2D eigenvalue weighted by molar-refractivity contribution is 6.31. The van der Waals surface area contributed by atoms with Crippen molar-refractivity contribution in [1.29, 1.82) is 0 Å². The number of hydrogen-bond donors (Lipinski definition) is 1. The highest BCUT2D eigenvalue weighted by atomic mass is 35.5. The zero-order valence-corrected chi connectivity index (χ0v) is 13.1.